The highest BCUT2D eigenvalue weighted by Crippen LogP contribution is 2.29. The third-order valence-electron chi connectivity index (χ3n) is 4.35. The Hall–Kier alpha value is -3.37. The first-order valence-electron chi connectivity index (χ1n) is 8.28. The van der Waals surface area contributed by atoms with Gasteiger partial charge in [-0.1, -0.05) is 0 Å². The molecule has 0 bridgehead atoms. The number of nitrogens with two attached hydrogens (primary N) is 1. The van der Waals surface area contributed by atoms with Gasteiger partial charge < -0.3 is 21.2 Å². The molecule has 10 heteroatoms. The summed E-state index contributed by atoms with van der Waals surface area (Å²) in [6, 6.07) is 10.1. The monoisotopic (exact) mass is 401 g/mol. The highest BCUT2D eigenvalue weighted by atomic mass is 32.2. The lowest BCUT2D eigenvalue weighted by atomic mass is 10.1. The zero-order chi connectivity index (χ0) is 19.9. The number of carbonyl (C=O) groups is 1. The van der Waals surface area contributed by atoms with E-state index in [9.17, 15) is 17.6 Å². The summed E-state index contributed by atoms with van der Waals surface area (Å²) < 4.78 is 36.4. The molecular formula is C18H16FN5O3S. The number of hydrazine groups is 1. The molecule has 1 aromatic heterocycles. The molecule has 1 aliphatic rings. The summed E-state index contributed by atoms with van der Waals surface area (Å²) >= 11 is 0. The first-order valence-corrected chi connectivity index (χ1v) is 9.82. The van der Waals surface area contributed by atoms with Crippen LogP contribution in [-0.4, -0.2) is 25.9 Å². The van der Waals surface area contributed by atoms with Crippen LogP contribution in [-0.2, 0) is 10.0 Å². The summed E-state index contributed by atoms with van der Waals surface area (Å²) in [6.07, 6.45) is 1.76. The van der Waals surface area contributed by atoms with Crippen LogP contribution < -0.4 is 21.3 Å². The zero-order valence-electron chi connectivity index (χ0n) is 14.4. The van der Waals surface area contributed by atoms with Crippen LogP contribution in [0.3, 0.4) is 0 Å². The third-order valence-corrected chi connectivity index (χ3v) is 5.28. The van der Waals surface area contributed by atoms with E-state index in [1.807, 2.05) is 0 Å². The normalized spacial score (nSPS) is 14.1. The van der Waals surface area contributed by atoms with Gasteiger partial charge in [0.05, 0.1) is 16.3 Å². The van der Waals surface area contributed by atoms with Crippen LogP contribution in [0.5, 0.6) is 0 Å². The standard InChI is InChI=1S/C18H16FN5O3S/c19-10-1-6-14-13(9-10)16-15(7-8-21-18(25)17(16)22-14)24-23-11-2-4-12(5-3-11)28(20,26)27/h1-7,9,22-24H,8H2,(H,21,25)(H2,20,26,27). The van der Waals surface area contributed by atoms with Crippen molar-refractivity contribution >= 4 is 38.2 Å². The van der Waals surface area contributed by atoms with Crippen LogP contribution in [0, 0.1) is 5.82 Å². The fourth-order valence-corrected chi connectivity index (χ4v) is 3.55. The minimum Gasteiger partial charge on any atom is -0.350 e. The quantitative estimate of drug-likeness (QED) is 0.425. The van der Waals surface area contributed by atoms with E-state index in [0.717, 1.165) is 0 Å². The van der Waals surface area contributed by atoms with Crippen molar-refractivity contribution in [1.29, 1.82) is 0 Å². The second-order valence-corrected chi connectivity index (χ2v) is 7.77. The highest BCUT2D eigenvalue weighted by Gasteiger charge is 2.23. The SMILES string of the molecule is NS(=O)(=O)c1ccc(NNC2=CCNC(=O)c3[nH]c4ccc(F)cc4c32)cc1. The maximum absolute atomic E-state index is 13.8. The molecule has 0 atom stereocenters. The minimum absolute atomic E-state index is 0.00378. The van der Waals surface area contributed by atoms with E-state index in [0.29, 0.717) is 33.5 Å². The molecule has 0 radical (unpaired) electrons. The smallest absolute Gasteiger partial charge is 0.268 e. The van der Waals surface area contributed by atoms with E-state index in [1.54, 1.807) is 24.3 Å². The van der Waals surface area contributed by atoms with E-state index in [2.05, 4.69) is 21.2 Å². The minimum atomic E-state index is -3.77. The van der Waals surface area contributed by atoms with E-state index in [-0.39, 0.29) is 17.3 Å². The molecule has 3 aromatic rings. The van der Waals surface area contributed by atoms with Crippen LogP contribution in [0.25, 0.3) is 16.6 Å². The summed E-state index contributed by atoms with van der Waals surface area (Å²) in [5.74, 6) is -0.706. The van der Waals surface area contributed by atoms with Crippen LogP contribution in [0.4, 0.5) is 10.1 Å². The Balaban J connectivity index is 1.66. The average Bonchev–Trinajstić information content (AvgIpc) is 2.95. The molecule has 0 saturated carbocycles. The van der Waals surface area contributed by atoms with Gasteiger partial charge >= 0.3 is 0 Å². The van der Waals surface area contributed by atoms with Crippen molar-refractivity contribution in [2.75, 3.05) is 12.0 Å². The van der Waals surface area contributed by atoms with Gasteiger partial charge in [0.25, 0.3) is 5.91 Å². The fraction of sp³-hybridized carbons (Fsp3) is 0.0556. The molecule has 0 spiro atoms. The number of carbonyl (C=O) groups excluding carboxylic acids is 1. The summed E-state index contributed by atoms with van der Waals surface area (Å²) in [5, 5.41) is 8.40. The number of H-pyrrole nitrogens is 1. The van der Waals surface area contributed by atoms with E-state index in [1.165, 1.54) is 24.3 Å². The lowest BCUT2D eigenvalue weighted by Gasteiger charge is -2.13. The van der Waals surface area contributed by atoms with E-state index in [4.69, 9.17) is 5.14 Å². The van der Waals surface area contributed by atoms with Crippen LogP contribution in [0.15, 0.2) is 53.4 Å². The van der Waals surface area contributed by atoms with Gasteiger partial charge in [-0.05, 0) is 48.5 Å². The number of anilines is 1. The highest BCUT2D eigenvalue weighted by molar-refractivity contribution is 7.89. The van der Waals surface area contributed by atoms with E-state index < -0.39 is 15.8 Å². The van der Waals surface area contributed by atoms with Gasteiger partial charge in [0.1, 0.15) is 11.5 Å². The molecule has 4 rings (SSSR count). The summed E-state index contributed by atoms with van der Waals surface area (Å²) in [5.41, 5.74) is 8.59. The largest absolute Gasteiger partial charge is 0.350 e. The zero-order valence-corrected chi connectivity index (χ0v) is 15.2. The number of hydrogen-bond acceptors (Lipinski definition) is 5. The Kier molecular flexibility index (Phi) is 4.28. The topological polar surface area (TPSA) is 129 Å². The number of halogens is 1. The molecule has 0 unspecified atom stereocenters. The predicted octanol–water partition coefficient (Wildman–Crippen LogP) is 1.66. The lowest BCUT2D eigenvalue weighted by Crippen LogP contribution is -2.22. The molecule has 2 aromatic carbocycles. The molecule has 0 aliphatic carbocycles. The van der Waals surface area contributed by atoms with Crippen LogP contribution in [0.2, 0.25) is 0 Å². The predicted molar refractivity (Wildman–Crippen MR) is 103 cm³/mol. The van der Waals surface area contributed by atoms with Gasteiger partial charge in [0, 0.05) is 23.0 Å². The van der Waals surface area contributed by atoms with Gasteiger partial charge in [-0.25, -0.2) is 17.9 Å². The van der Waals surface area contributed by atoms with E-state index >= 15 is 0 Å². The second-order valence-electron chi connectivity index (χ2n) is 6.21. The third kappa shape index (κ3) is 3.30. The molecule has 2 heterocycles. The lowest BCUT2D eigenvalue weighted by molar-refractivity contribution is 0.0954. The second kappa shape index (κ2) is 6.66. The van der Waals surface area contributed by atoms with Gasteiger partial charge in [-0.15, -0.1) is 0 Å². The molecule has 8 nitrogen and oxygen atoms in total. The van der Waals surface area contributed by atoms with Gasteiger partial charge in [-0.3, -0.25) is 4.79 Å². The van der Waals surface area contributed by atoms with Crippen molar-refractivity contribution in [1.82, 2.24) is 15.7 Å². The number of primary sulfonamides is 1. The van der Waals surface area contributed by atoms with Crippen molar-refractivity contribution < 1.29 is 17.6 Å². The Bertz CT molecular complexity index is 1220. The molecular weight excluding hydrogens is 385 g/mol. The molecule has 0 saturated heterocycles. The number of hydrogen-bond donors (Lipinski definition) is 5. The number of nitrogens with one attached hydrogen (secondary N) is 4. The summed E-state index contributed by atoms with van der Waals surface area (Å²) in [7, 11) is -3.77. The number of sulfonamides is 1. The molecule has 1 amide bonds. The first-order chi connectivity index (χ1) is 13.3. The summed E-state index contributed by atoms with van der Waals surface area (Å²) in [6.45, 7) is 0.284. The summed E-state index contributed by atoms with van der Waals surface area (Å²) in [4.78, 5) is 15.3. The molecule has 28 heavy (non-hydrogen) atoms. The number of aromatic amines is 1. The Labute approximate surface area is 159 Å². The first kappa shape index (κ1) is 18.0. The van der Waals surface area contributed by atoms with Crippen molar-refractivity contribution in [3.05, 3.63) is 65.6 Å². The van der Waals surface area contributed by atoms with Crippen molar-refractivity contribution in [2.24, 2.45) is 5.14 Å². The van der Waals surface area contributed by atoms with Gasteiger partial charge in [0.2, 0.25) is 10.0 Å². The van der Waals surface area contributed by atoms with Gasteiger partial charge in [-0.2, -0.15) is 0 Å². The number of benzene rings is 2. The Morgan fingerprint density at radius 2 is 1.82 bits per heavy atom. The Morgan fingerprint density at radius 1 is 1.07 bits per heavy atom. The number of amides is 1. The van der Waals surface area contributed by atoms with Crippen LogP contribution >= 0.6 is 0 Å². The molecule has 6 N–H and O–H groups in total. The maximum Gasteiger partial charge on any atom is 0.268 e. The molecule has 0 fully saturated rings. The van der Waals surface area contributed by atoms with Crippen molar-refractivity contribution in [2.45, 2.75) is 4.90 Å². The number of aromatic nitrogens is 1. The number of rotatable bonds is 4. The van der Waals surface area contributed by atoms with Crippen molar-refractivity contribution in [3.8, 4) is 0 Å². The van der Waals surface area contributed by atoms with Crippen molar-refractivity contribution in [3.63, 3.8) is 0 Å². The fourth-order valence-electron chi connectivity index (χ4n) is 3.03. The average molecular weight is 401 g/mol. The van der Waals surface area contributed by atoms with Gasteiger partial charge in [0.15, 0.2) is 0 Å². The van der Waals surface area contributed by atoms with Crippen LogP contribution in [0.1, 0.15) is 16.1 Å². The molecule has 144 valence electrons. The molecule has 1 aliphatic heterocycles. The Morgan fingerprint density at radius 3 is 2.54 bits per heavy atom. The number of fused-ring (bicyclic) bond motifs is 3. The maximum atomic E-state index is 13.8.